The molecule has 0 amide bonds. The van der Waals surface area contributed by atoms with Crippen molar-refractivity contribution in [2.24, 2.45) is 4.40 Å². The van der Waals surface area contributed by atoms with Crippen molar-refractivity contribution >= 4 is 17.7 Å². The fourth-order valence-corrected chi connectivity index (χ4v) is 1.21. The van der Waals surface area contributed by atoms with Crippen molar-refractivity contribution in [2.75, 3.05) is 0 Å². The van der Waals surface area contributed by atoms with Crippen molar-refractivity contribution in [3.8, 4) is 0 Å². The number of hydrogen-bond acceptors (Lipinski definition) is 2. The van der Waals surface area contributed by atoms with E-state index in [1.165, 1.54) is 25.0 Å². The van der Waals surface area contributed by atoms with Gasteiger partial charge in [0.15, 0.2) is 0 Å². The van der Waals surface area contributed by atoms with Gasteiger partial charge in [-0.2, -0.15) is 0 Å². The molecule has 1 saturated carbocycles. The van der Waals surface area contributed by atoms with Crippen LogP contribution in [0.15, 0.2) is 4.40 Å². The van der Waals surface area contributed by atoms with Crippen LogP contribution in [0.1, 0.15) is 40.0 Å². The Hall–Kier alpha value is 0.0200. The van der Waals surface area contributed by atoms with Crippen LogP contribution in [-0.2, 0) is 0 Å². The smallest absolute Gasteiger partial charge is 0.0294 e. The van der Waals surface area contributed by atoms with Crippen LogP contribution >= 0.6 is 11.9 Å². The van der Waals surface area contributed by atoms with Gasteiger partial charge in [-0.15, -0.1) is 0 Å². The van der Waals surface area contributed by atoms with E-state index < -0.39 is 0 Å². The molecule has 0 saturated heterocycles. The van der Waals surface area contributed by atoms with Crippen molar-refractivity contribution in [1.82, 2.24) is 0 Å². The first-order valence-corrected chi connectivity index (χ1v) is 4.59. The van der Waals surface area contributed by atoms with E-state index in [2.05, 4.69) is 25.2 Å². The van der Waals surface area contributed by atoms with E-state index in [4.69, 9.17) is 0 Å². The molecule has 0 N–H and O–H groups in total. The quantitative estimate of drug-likeness (QED) is 0.533. The topological polar surface area (TPSA) is 12.4 Å². The minimum absolute atomic E-state index is 0.294. The van der Waals surface area contributed by atoms with Crippen LogP contribution < -0.4 is 0 Å². The van der Waals surface area contributed by atoms with E-state index in [1.807, 2.05) is 0 Å². The minimum atomic E-state index is 0.294. The SMILES string of the molecule is CC(C)(C)SN=C1CCC1. The standard InChI is InChI=1S/C8H15NS/c1-8(2,3)10-9-7-5-4-6-7/h4-6H2,1-3H3. The van der Waals surface area contributed by atoms with E-state index in [9.17, 15) is 0 Å². The Morgan fingerprint density at radius 2 is 1.90 bits per heavy atom. The molecular formula is C8H15NS. The van der Waals surface area contributed by atoms with E-state index >= 15 is 0 Å². The van der Waals surface area contributed by atoms with Crippen molar-refractivity contribution < 1.29 is 0 Å². The third kappa shape index (κ3) is 2.74. The molecule has 0 aromatic carbocycles. The second kappa shape index (κ2) is 2.95. The van der Waals surface area contributed by atoms with Gasteiger partial charge in [0.2, 0.25) is 0 Å². The summed E-state index contributed by atoms with van der Waals surface area (Å²) in [4.78, 5) is 0. The van der Waals surface area contributed by atoms with Crippen molar-refractivity contribution in [2.45, 2.75) is 44.8 Å². The monoisotopic (exact) mass is 157 g/mol. The molecule has 58 valence electrons. The molecule has 0 atom stereocenters. The first-order chi connectivity index (χ1) is 4.58. The summed E-state index contributed by atoms with van der Waals surface area (Å²) >= 11 is 1.71. The summed E-state index contributed by atoms with van der Waals surface area (Å²) in [5.41, 5.74) is 1.40. The second-order valence-electron chi connectivity index (χ2n) is 3.71. The summed E-state index contributed by atoms with van der Waals surface area (Å²) < 4.78 is 4.73. The third-order valence-corrected chi connectivity index (χ3v) is 2.28. The zero-order valence-corrected chi connectivity index (χ0v) is 7.79. The molecule has 1 aliphatic rings. The number of rotatable bonds is 1. The molecule has 0 radical (unpaired) electrons. The number of hydrogen-bond donors (Lipinski definition) is 0. The van der Waals surface area contributed by atoms with Gasteiger partial charge in [0.25, 0.3) is 0 Å². The van der Waals surface area contributed by atoms with Gasteiger partial charge in [-0.1, -0.05) is 0 Å². The Morgan fingerprint density at radius 3 is 2.20 bits per heavy atom. The molecule has 0 aliphatic heterocycles. The van der Waals surface area contributed by atoms with Crippen LogP contribution in [0.4, 0.5) is 0 Å². The Kier molecular flexibility index (Phi) is 2.40. The summed E-state index contributed by atoms with van der Waals surface area (Å²) in [5, 5.41) is 0. The molecule has 1 rings (SSSR count). The molecule has 0 bridgehead atoms. The molecule has 0 unspecified atom stereocenters. The van der Waals surface area contributed by atoms with E-state index in [1.54, 1.807) is 11.9 Å². The summed E-state index contributed by atoms with van der Waals surface area (Å²) in [5.74, 6) is 0. The van der Waals surface area contributed by atoms with Gasteiger partial charge in [-0.25, -0.2) is 4.40 Å². The summed E-state index contributed by atoms with van der Waals surface area (Å²) in [6, 6.07) is 0. The molecule has 0 heterocycles. The average molecular weight is 157 g/mol. The Morgan fingerprint density at radius 1 is 1.30 bits per heavy atom. The van der Waals surface area contributed by atoms with Gasteiger partial charge < -0.3 is 0 Å². The lowest BCUT2D eigenvalue weighted by Gasteiger charge is -2.18. The molecule has 1 fully saturated rings. The highest BCUT2D eigenvalue weighted by molar-refractivity contribution is 7.99. The van der Waals surface area contributed by atoms with Crippen molar-refractivity contribution in [3.63, 3.8) is 0 Å². The normalized spacial score (nSPS) is 18.5. The summed E-state index contributed by atoms with van der Waals surface area (Å²) in [7, 11) is 0. The minimum Gasteiger partial charge on any atom is -0.225 e. The van der Waals surface area contributed by atoms with E-state index in [-0.39, 0.29) is 0 Å². The third-order valence-electron chi connectivity index (χ3n) is 1.38. The van der Waals surface area contributed by atoms with E-state index in [0.29, 0.717) is 4.75 Å². The van der Waals surface area contributed by atoms with Crippen LogP contribution in [-0.4, -0.2) is 10.5 Å². The van der Waals surface area contributed by atoms with Crippen LogP contribution in [0.3, 0.4) is 0 Å². The first kappa shape index (κ1) is 8.12. The lowest BCUT2D eigenvalue weighted by molar-refractivity contribution is 0.793. The molecule has 2 heteroatoms. The maximum Gasteiger partial charge on any atom is 0.0294 e. The lowest BCUT2D eigenvalue weighted by Crippen LogP contribution is -2.11. The summed E-state index contributed by atoms with van der Waals surface area (Å²) in [6.07, 6.45) is 3.83. The van der Waals surface area contributed by atoms with Crippen LogP contribution in [0, 0.1) is 0 Å². The van der Waals surface area contributed by atoms with Crippen LogP contribution in [0.2, 0.25) is 0 Å². The molecule has 1 nitrogen and oxygen atoms in total. The molecular weight excluding hydrogens is 142 g/mol. The van der Waals surface area contributed by atoms with E-state index in [0.717, 1.165) is 0 Å². The molecule has 0 aromatic heterocycles. The van der Waals surface area contributed by atoms with Crippen molar-refractivity contribution in [3.05, 3.63) is 0 Å². The zero-order chi connectivity index (χ0) is 7.61. The van der Waals surface area contributed by atoms with Gasteiger partial charge in [0.05, 0.1) is 0 Å². The van der Waals surface area contributed by atoms with Crippen LogP contribution in [0.5, 0.6) is 0 Å². The maximum atomic E-state index is 4.43. The largest absolute Gasteiger partial charge is 0.225 e. The lowest BCUT2D eigenvalue weighted by atomic mass is 9.98. The van der Waals surface area contributed by atoms with Gasteiger partial charge in [0.1, 0.15) is 0 Å². The fraction of sp³-hybridized carbons (Fsp3) is 0.875. The Balaban J connectivity index is 2.26. The zero-order valence-electron chi connectivity index (χ0n) is 6.98. The van der Waals surface area contributed by atoms with Crippen LogP contribution in [0.25, 0.3) is 0 Å². The predicted molar refractivity (Wildman–Crippen MR) is 48.6 cm³/mol. The Bertz CT molecular complexity index is 138. The predicted octanol–water partition coefficient (Wildman–Crippen LogP) is 3.06. The molecule has 0 spiro atoms. The first-order valence-electron chi connectivity index (χ1n) is 3.82. The highest BCUT2D eigenvalue weighted by Crippen LogP contribution is 2.27. The fourth-order valence-electron chi connectivity index (χ4n) is 0.628. The van der Waals surface area contributed by atoms with Crippen molar-refractivity contribution in [1.29, 1.82) is 0 Å². The summed E-state index contributed by atoms with van der Waals surface area (Å²) in [6.45, 7) is 6.58. The van der Waals surface area contributed by atoms with Gasteiger partial charge in [0, 0.05) is 10.5 Å². The highest BCUT2D eigenvalue weighted by atomic mass is 32.2. The maximum absolute atomic E-state index is 4.43. The van der Waals surface area contributed by atoms with Gasteiger partial charge in [-0.3, -0.25) is 0 Å². The second-order valence-corrected chi connectivity index (χ2v) is 5.30. The molecule has 1 aliphatic carbocycles. The highest BCUT2D eigenvalue weighted by Gasteiger charge is 2.14. The van der Waals surface area contributed by atoms with Gasteiger partial charge >= 0.3 is 0 Å². The van der Waals surface area contributed by atoms with Gasteiger partial charge in [-0.05, 0) is 52.0 Å². The number of nitrogens with zero attached hydrogens (tertiary/aromatic N) is 1. The Labute approximate surface area is 67.4 Å². The molecule has 10 heavy (non-hydrogen) atoms. The molecule has 0 aromatic rings. The average Bonchev–Trinajstić information content (AvgIpc) is 1.56.